The van der Waals surface area contributed by atoms with Gasteiger partial charge in [-0.15, -0.1) is 6.58 Å². The molecule has 0 radical (unpaired) electrons. The van der Waals surface area contributed by atoms with Crippen LogP contribution in [0.15, 0.2) is 24.8 Å². The fraction of sp³-hybridized carbons (Fsp3) is 0.806. The summed E-state index contributed by atoms with van der Waals surface area (Å²) >= 11 is 0. The first-order valence-corrected chi connectivity index (χ1v) is 14.8. The standard InChI is InChI=1S/C31H54N2O6/c1-8-9-10-11-12-13-14-16-21-33-22-17-15-18-23(29(33)36)32-28(35)27(37-7)26-25(34)24(19-20-30(2,3)4)38-31(5,6)39-26/h8,19-20,23-27,34H,1,9-18,21-22H2,2-7H3,(H,32,35)/b20-19+/t23-,24+,25-,26+,27+/m0/s1. The van der Waals surface area contributed by atoms with Gasteiger partial charge in [0, 0.05) is 20.2 Å². The van der Waals surface area contributed by atoms with Crippen LogP contribution in [0.2, 0.25) is 0 Å². The first-order valence-electron chi connectivity index (χ1n) is 14.8. The molecule has 39 heavy (non-hydrogen) atoms. The highest BCUT2D eigenvalue weighted by atomic mass is 16.7. The van der Waals surface area contributed by atoms with Gasteiger partial charge >= 0.3 is 0 Å². The smallest absolute Gasteiger partial charge is 0.252 e. The van der Waals surface area contributed by atoms with Gasteiger partial charge in [-0.1, -0.05) is 64.7 Å². The van der Waals surface area contributed by atoms with Gasteiger partial charge in [-0.3, -0.25) is 9.59 Å². The lowest BCUT2D eigenvalue weighted by Gasteiger charge is -2.45. The van der Waals surface area contributed by atoms with Crippen LogP contribution in [0.3, 0.4) is 0 Å². The number of nitrogens with one attached hydrogen (secondary N) is 1. The monoisotopic (exact) mass is 550 g/mol. The van der Waals surface area contributed by atoms with Crippen LogP contribution in [0, 0.1) is 5.41 Å². The number of methoxy groups -OCH3 is 1. The number of aliphatic hydroxyl groups excluding tert-OH is 1. The summed E-state index contributed by atoms with van der Waals surface area (Å²) in [5, 5.41) is 14.0. The number of likely N-dealkylation sites (tertiary alicyclic amines) is 1. The number of aliphatic hydroxyl groups is 1. The zero-order chi connectivity index (χ0) is 29.1. The summed E-state index contributed by atoms with van der Waals surface area (Å²) in [5.41, 5.74) is -0.101. The third kappa shape index (κ3) is 11.3. The molecule has 0 aromatic rings. The molecule has 2 fully saturated rings. The Morgan fingerprint density at radius 2 is 1.85 bits per heavy atom. The van der Waals surface area contributed by atoms with Crippen molar-refractivity contribution in [2.24, 2.45) is 5.41 Å². The predicted molar refractivity (Wildman–Crippen MR) is 154 cm³/mol. The summed E-state index contributed by atoms with van der Waals surface area (Å²) in [4.78, 5) is 28.7. The molecule has 2 N–H and O–H groups in total. The molecule has 0 saturated carbocycles. The summed E-state index contributed by atoms with van der Waals surface area (Å²) in [6, 6.07) is -0.613. The molecular weight excluding hydrogens is 496 g/mol. The Kier molecular flexibility index (Phi) is 13.6. The fourth-order valence-corrected chi connectivity index (χ4v) is 5.19. The van der Waals surface area contributed by atoms with Crippen LogP contribution in [-0.2, 0) is 23.8 Å². The number of nitrogens with zero attached hydrogens (tertiary/aromatic N) is 1. The molecule has 2 amide bonds. The van der Waals surface area contributed by atoms with Crippen LogP contribution in [0.1, 0.15) is 98.8 Å². The zero-order valence-electron chi connectivity index (χ0n) is 25.2. The van der Waals surface area contributed by atoms with E-state index in [2.05, 4.69) is 32.7 Å². The minimum atomic E-state index is -1.12. The topological polar surface area (TPSA) is 97.3 Å². The van der Waals surface area contributed by atoms with Crippen LogP contribution in [-0.4, -0.2) is 78.3 Å². The second-order valence-corrected chi connectivity index (χ2v) is 12.5. The van der Waals surface area contributed by atoms with Gasteiger partial charge in [0.25, 0.3) is 5.91 Å². The average molecular weight is 551 g/mol. The zero-order valence-corrected chi connectivity index (χ0v) is 25.2. The summed E-state index contributed by atoms with van der Waals surface area (Å²) in [5.74, 6) is -1.53. The number of ether oxygens (including phenoxy) is 3. The van der Waals surface area contributed by atoms with E-state index in [9.17, 15) is 14.7 Å². The number of carbonyl (C=O) groups excluding carboxylic acids is 2. The maximum Gasteiger partial charge on any atom is 0.252 e. The minimum Gasteiger partial charge on any atom is -0.387 e. The Hall–Kier alpha value is -1.74. The molecule has 2 aliphatic heterocycles. The normalized spacial score (nSPS) is 26.8. The molecule has 0 bridgehead atoms. The molecule has 0 aromatic carbocycles. The van der Waals surface area contributed by atoms with Gasteiger partial charge in [-0.25, -0.2) is 0 Å². The van der Waals surface area contributed by atoms with Crippen molar-refractivity contribution in [3.63, 3.8) is 0 Å². The molecule has 8 nitrogen and oxygen atoms in total. The van der Waals surface area contributed by atoms with E-state index < -0.39 is 42.2 Å². The second-order valence-electron chi connectivity index (χ2n) is 12.5. The number of hydrogen-bond acceptors (Lipinski definition) is 6. The molecule has 2 aliphatic rings. The first-order chi connectivity index (χ1) is 18.4. The van der Waals surface area contributed by atoms with Crippen molar-refractivity contribution in [2.75, 3.05) is 20.2 Å². The highest BCUT2D eigenvalue weighted by molar-refractivity contribution is 5.90. The number of amides is 2. The van der Waals surface area contributed by atoms with E-state index in [4.69, 9.17) is 14.2 Å². The van der Waals surface area contributed by atoms with Gasteiger partial charge in [-0.05, 0) is 57.8 Å². The lowest BCUT2D eigenvalue weighted by molar-refractivity contribution is -0.334. The van der Waals surface area contributed by atoms with E-state index in [1.165, 1.54) is 32.8 Å². The van der Waals surface area contributed by atoms with Gasteiger partial charge in [0.05, 0.1) is 0 Å². The van der Waals surface area contributed by atoms with E-state index in [0.717, 1.165) is 38.6 Å². The van der Waals surface area contributed by atoms with E-state index >= 15 is 0 Å². The Morgan fingerprint density at radius 1 is 1.18 bits per heavy atom. The SMILES string of the molecule is C=CCCCCCCCCN1CCCC[C@H](NC(=O)[C@H](OC)[C@@H]2OC(C)(C)O[C@H](/C=C/C(C)(C)C)[C@@H]2O)C1=O. The molecule has 2 rings (SSSR count). The van der Waals surface area contributed by atoms with Crippen molar-refractivity contribution in [1.82, 2.24) is 10.2 Å². The molecular formula is C31H54N2O6. The van der Waals surface area contributed by atoms with Gasteiger partial charge < -0.3 is 29.5 Å². The molecule has 8 heteroatoms. The maximum atomic E-state index is 13.4. The van der Waals surface area contributed by atoms with Gasteiger partial charge in [0.1, 0.15) is 24.4 Å². The molecule has 0 aliphatic carbocycles. The van der Waals surface area contributed by atoms with Crippen molar-refractivity contribution >= 4 is 11.8 Å². The van der Waals surface area contributed by atoms with Crippen molar-refractivity contribution < 1.29 is 28.9 Å². The van der Waals surface area contributed by atoms with Crippen molar-refractivity contribution in [1.29, 1.82) is 0 Å². The Bertz CT molecular complexity index is 805. The van der Waals surface area contributed by atoms with Crippen LogP contribution in [0.25, 0.3) is 0 Å². The Balaban J connectivity index is 1.99. The predicted octanol–water partition coefficient (Wildman–Crippen LogP) is 4.90. The lowest BCUT2D eigenvalue weighted by Crippen LogP contribution is -2.62. The number of rotatable bonds is 14. The van der Waals surface area contributed by atoms with E-state index in [1.807, 2.05) is 23.1 Å². The summed E-state index contributed by atoms with van der Waals surface area (Å²) < 4.78 is 17.5. The molecule has 2 heterocycles. The molecule has 0 unspecified atom stereocenters. The van der Waals surface area contributed by atoms with Crippen LogP contribution < -0.4 is 5.32 Å². The average Bonchev–Trinajstić information content (AvgIpc) is 3.02. The summed E-state index contributed by atoms with van der Waals surface area (Å²) in [7, 11) is 1.42. The van der Waals surface area contributed by atoms with Gasteiger partial charge in [0.2, 0.25) is 5.91 Å². The minimum absolute atomic E-state index is 0.0403. The second kappa shape index (κ2) is 15.9. The third-order valence-corrected chi connectivity index (χ3v) is 7.29. The highest BCUT2D eigenvalue weighted by Gasteiger charge is 2.48. The number of hydrogen-bond donors (Lipinski definition) is 2. The van der Waals surface area contributed by atoms with Gasteiger partial charge in [0.15, 0.2) is 11.9 Å². The first kappa shape index (κ1) is 33.5. The van der Waals surface area contributed by atoms with E-state index in [0.29, 0.717) is 13.0 Å². The summed E-state index contributed by atoms with van der Waals surface area (Å²) in [6.07, 6.45) is 12.2. The highest BCUT2D eigenvalue weighted by Crippen LogP contribution is 2.31. The van der Waals surface area contributed by atoms with Crippen molar-refractivity contribution in [3.8, 4) is 0 Å². The molecule has 0 aromatic heterocycles. The number of carbonyl (C=O) groups is 2. The van der Waals surface area contributed by atoms with Crippen LogP contribution in [0.5, 0.6) is 0 Å². The van der Waals surface area contributed by atoms with E-state index in [1.54, 1.807) is 13.8 Å². The van der Waals surface area contributed by atoms with Crippen LogP contribution in [0.4, 0.5) is 0 Å². The fourth-order valence-electron chi connectivity index (χ4n) is 5.19. The molecule has 0 spiro atoms. The Morgan fingerprint density at radius 3 is 2.49 bits per heavy atom. The summed E-state index contributed by atoms with van der Waals surface area (Å²) in [6.45, 7) is 14.9. The molecule has 2 saturated heterocycles. The Labute approximate surface area is 236 Å². The number of unbranched alkanes of at least 4 members (excludes halogenated alkanes) is 6. The number of allylic oxidation sites excluding steroid dienone is 2. The van der Waals surface area contributed by atoms with Crippen molar-refractivity contribution in [3.05, 3.63) is 24.8 Å². The lowest BCUT2D eigenvalue weighted by atomic mass is 9.93. The van der Waals surface area contributed by atoms with Gasteiger partial charge in [-0.2, -0.15) is 0 Å². The van der Waals surface area contributed by atoms with Crippen LogP contribution >= 0.6 is 0 Å². The molecule has 224 valence electrons. The van der Waals surface area contributed by atoms with Crippen molar-refractivity contribution in [2.45, 2.75) is 135 Å². The largest absolute Gasteiger partial charge is 0.387 e. The third-order valence-electron chi connectivity index (χ3n) is 7.29. The maximum absolute atomic E-state index is 13.4. The molecule has 5 atom stereocenters. The quantitative estimate of drug-likeness (QED) is 0.236. The van der Waals surface area contributed by atoms with E-state index in [-0.39, 0.29) is 11.3 Å².